The normalized spacial score (nSPS) is 11.3. The van der Waals surface area contributed by atoms with E-state index in [0.717, 1.165) is 0 Å². The summed E-state index contributed by atoms with van der Waals surface area (Å²) in [6, 6.07) is 2.59. The second-order valence-corrected chi connectivity index (χ2v) is 6.35. The highest BCUT2D eigenvalue weighted by Gasteiger charge is 2.18. The number of benzene rings is 1. The van der Waals surface area contributed by atoms with Crippen molar-refractivity contribution in [1.82, 2.24) is 0 Å². The third-order valence-corrected chi connectivity index (χ3v) is 3.31. The summed E-state index contributed by atoms with van der Waals surface area (Å²) in [5.41, 5.74) is 0.972. The standard InChI is InChI=1S/C9H10BClO5S/c1-6-7(4-12)2-9(10(13)14)3-8(6)5-17(11,15)16/h2-4,13-14H,5H2,1H3. The van der Waals surface area contributed by atoms with Gasteiger partial charge in [0, 0.05) is 16.2 Å². The Labute approximate surface area is 104 Å². The first-order valence-corrected chi connectivity index (χ1v) is 7.09. The number of carbonyl (C=O) groups excluding carboxylic acids is 1. The molecular formula is C9H10BClO5S. The number of carbonyl (C=O) groups is 1. The van der Waals surface area contributed by atoms with Gasteiger partial charge in [0.05, 0.1) is 5.75 Å². The summed E-state index contributed by atoms with van der Waals surface area (Å²) in [5.74, 6) is -0.470. The van der Waals surface area contributed by atoms with E-state index in [0.29, 0.717) is 11.8 Å². The van der Waals surface area contributed by atoms with Gasteiger partial charge in [-0.3, -0.25) is 4.79 Å². The van der Waals surface area contributed by atoms with Crippen molar-refractivity contribution in [1.29, 1.82) is 0 Å². The SMILES string of the molecule is Cc1c(C=O)cc(B(O)O)cc1CS(=O)(=O)Cl. The maximum atomic E-state index is 11.0. The van der Waals surface area contributed by atoms with Gasteiger partial charge in [0.1, 0.15) is 6.29 Å². The monoisotopic (exact) mass is 276 g/mol. The molecular weight excluding hydrogens is 266 g/mol. The average Bonchev–Trinajstić information content (AvgIpc) is 2.18. The lowest BCUT2D eigenvalue weighted by Crippen LogP contribution is -2.31. The van der Waals surface area contributed by atoms with Gasteiger partial charge >= 0.3 is 7.12 Å². The zero-order chi connectivity index (χ0) is 13.2. The van der Waals surface area contributed by atoms with Gasteiger partial charge in [-0.05, 0) is 23.5 Å². The highest BCUT2D eigenvalue weighted by Crippen LogP contribution is 2.16. The van der Waals surface area contributed by atoms with Gasteiger partial charge in [0.15, 0.2) is 0 Å². The van der Waals surface area contributed by atoms with Gasteiger partial charge in [-0.1, -0.05) is 12.1 Å². The van der Waals surface area contributed by atoms with Crippen LogP contribution in [0.4, 0.5) is 0 Å². The molecule has 0 bridgehead atoms. The van der Waals surface area contributed by atoms with Gasteiger partial charge in [-0.15, -0.1) is 0 Å². The fourth-order valence-electron chi connectivity index (χ4n) is 1.43. The number of hydrogen-bond donors (Lipinski definition) is 2. The van der Waals surface area contributed by atoms with Crippen LogP contribution in [0.1, 0.15) is 21.5 Å². The van der Waals surface area contributed by atoms with Crippen molar-refractivity contribution >= 4 is 38.6 Å². The van der Waals surface area contributed by atoms with Crippen LogP contribution in [-0.2, 0) is 14.8 Å². The lowest BCUT2D eigenvalue weighted by molar-refractivity contribution is 0.112. The molecule has 0 fully saturated rings. The van der Waals surface area contributed by atoms with E-state index in [1.54, 1.807) is 6.92 Å². The Kier molecular flexibility index (Phi) is 4.32. The molecule has 0 aromatic heterocycles. The Morgan fingerprint density at radius 1 is 1.41 bits per heavy atom. The molecule has 8 heteroatoms. The number of aldehydes is 1. The summed E-state index contributed by atoms with van der Waals surface area (Å²) in [6.07, 6.45) is 0.519. The molecule has 1 aromatic carbocycles. The Hall–Kier alpha value is -0.885. The highest BCUT2D eigenvalue weighted by atomic mass is 35.7. The number of halogens is 1. The van der Waals surface area contributed by atoms with Crippen LogP contribution in [0.5, 0.6) is 0 Å². The van der Waals surface area contributed by atoms with Gasteiger partial charge in [-0.2, -0.15) is 0 Å². The van der Waals surface area contributed by atoms with Crippen LogP contribution in [0.3, 0.4) is 0 Å². The van der Waals surface area contributed by atoms with Gasteiger partial charge < -0.3 is 10.0 Å². The van der Waals surface area contributed by atoms with Crippen molar-refractivity contribution in [3.63, 3.8) is 0 Å². The third-order valence-electron chi connectivity index (χ3n) is 2.33. The van der Waals surface area contributed by atoms with Gasteiger partial charge in [0.25, 0.3) is 0 Å². The molecule has 17 heavy (non-hydrogen) atoms. The number of rotatable bonds is 4. The molecule has 92 valence electrons. The number of hydrogen-bond acceptors (Lipinski definition) is 5. The summed E-state index contributed by atoms with van der Waals surface area (Å²) in [5, 5.41) is 18.0. The van der Waals surface area contributed by atoms with Crippen molar-refractivity contribution < 1.29 is 23.3 Å². The summed E-state index contributed by atoms with van der Waals surface area (Å²) >= 11 is 0. The first-order chi connectivity index (χ1) is 7.74. The van der Waals surface area contributed by atoms with Crippen LogP contribution in [0.15, 0.2) is 12.1 Å². The molecule has 0 spiro atoms. The molecule has 0 unspecified atom stereocenters. The predicted octanol–water partition coefficient (Wildman–Crippen LogP) is -0.444. The maximum Gasteiger partial charge on any atom is 0.488 e. The first kappa shape index (κ1) is 14.2. The molecule has 1 aromatic rings. The average molecular weight is 277 g/mol. The molecule has 5 nitrogen and oxygen atoms in total. The third kappa shape index (κ3) is 3.81. The second kappa shape index (κ2) is 5.18. The summed E-state index contributed by atoms with van der Waals surface area (Å²) < 4.78 is 22.0. The molecule has 0 aliphatic rings. The van der Waals surface area contributed by atoms with E-state index in [1.807, 2.05) is 0 Å². The topological polar surface area (TPSA) is 91.7 Å². The van der Waals surface area contributed by atoms with Gasteiger partial charge in [0.2, 0.25) is 9.05 Å². The summed E-state index contributed by atoms with van der Waals surface area (Å²) in [4.78, 5) is 10.8. The summed E-state index contributed by atoms with van der Waals surface area (Å²) in [6.45, 7) is 1.56. The van der Waals surface area contributed by atoms with E-state index >= 15 is 0 Å². The predicted molar refractivity (Wildman–Crippen MR) is 64.9 cm³/mol. The molecule has 0 heterocycles. The lowest BCUT2D eigenvalue weighted by atomic mass is 9.78. The molecule has 0 saturated heterocycles. The zero-order valence-corrected chi connectivity index (χ0v) is 10.5. The molecule has 0 atom stereocenters. The van der Waals surface area contributed by atoms with Crippen LogP contribution in [0.2, 0.25) is 0 Å². The van der Waals surface area contributed by atoms with Crippen molar-refractivity contribution in [3.8, 4) is 0 Å². The minimum atomic E-state index is -3.77. The van der Waals surface area contributed by atoms with E-state index in [-0.39, 0.29) is 16.6 Å². The maximum absolute atomic E-state index is 11.0. The van der Waals surface area contributed by atoms with Crippen molar-refractivity contribution in [3.05, 3.63) is 28.8 Å². The first-order valence-electron chi connectivity index (χ1n) is 4.61. The molecule has 0 radical (unpaired) electrons. The highest BCUT2D eigenvalue weighted by molar-refractivity contribution is 8.13. The minimum absolute atomic E-state index is 0.0491. The smallest absolute Gasteiger partial charge is 0.423 e. The quantitative estimate of drug-likeness (QED) is 0.442. The molecule has 0 amide bonds. The Morgan fingerprint density at radius 3 is 2.41 bits per heavy atom. The van der Waals surface area contributed by atoms with Crippen LogP contribution in [-0.4, -0.2) is 31.9 Å². The lowest BCUT2D eigenvalue weighted by Gasteiger charge is -2.09. The Bertz CT molecular complexity index is 541. The molecule has 0 saturated carbocycles. The van der Waals surface area contributed by atoms with Crippen molar-refractivity contribution in [2.45, 2.75) is 12.7 Å². The molecule has 0 aliphatic heterocycles. The van der Waals surface area contributed by atoms with Crippen LogP contribution < -0.4 is 5.46 Å². The van der Waals surface area contributed by atoms with Crippen LogP contribution in [0, 0.1) is 6.92 Å². The fraction of sp³-hybridized carbons (Fsp3) is 0.222. The minimum Gasteiger partial charge on any atom is -0.423 e. The second-order valence-electron chi connectivity index (χ2n) is 3.57. The Morgan fingerprint density at radius 2 is 2.00 bits per heavy atom. The van der Waals surface area contributed by atoms with Crippen molar-refractivity contribution in [2.24, 2.45) is 0 Å². The largest absolute Gasteiger partial charge is 0.488 e. The molecule has 1 rings (SSSR count). The summed E-state index contributed by atoms with van der Waals surface area (Å²) in [7, 11) is -0.420. The fourth-order valence-corrected chi connectivity index (χ4v) is 2.46. The zero-order valence-electron chi connectivity index (χ0n) is 8.92. The van der Waals surface area contributed by atoms with Crippen molar-refractivity contribution in [2.75, 3.05) is 0 Å². The molecule has 0 aliphatic carbocycles. The van der Waals surface area contributed by atoms with E-state index in [1.165, 1.54) is 12.1 Å². The van der Waals surface area contributed by atoms with E-state index in [9.17, 15) is 13.2 Å². The van der Waals surface area contributed by atoms with E-state index in [4.69, 9.17) is 20.7 Å². The van der Waals surface area contributed by atoms with Gasteiger partial charge in [-0.25, -0.2) is 8.42 Å². The van der Waals surface area contributed by atoms with E-state index in [2.05, 4.69) is 0 Å². The Balaban J connectivity index is 3.37. The van der Waals surface area contributed by atoms with E-state index < -0.39 is 21.9 Å². The van der Waals surface area contributed by atoms with Crippen LogP contribution >= 0.6 is 10.7 Å². The molecule has 2 N–H and O–H groups in total. The van der Waals surface area contributed by atoms with Crippen LogP contribution in [0.25, 0.3) is 0 Å².